The molecule has 0 fully saturated rings. The van der Waals surface area contributed by atoms with E-state index in [9.17, 15) is 4.79 Å². The topological polar surface area (TPSA) is 61.3 Å². The molecular weight excluding hydrogens is 307 g/mol. The SMILES string of the molecule is C=C(C)C(=O)OC(CC)[N+](C)(C)C.I.N. The smallest absolute Gasteiger partial charge is 0.337 e. The number of halogens is 1. The summed E-state index contributed by atoms with van der Waals surface area (Å²) in [5.41, 5.74) is 0.451. The van der Waals surface area contributed by atoms with Crippen LogP contribution in [-0.4, -0.2) is 37.8 Å². The van der Waals surface area contributed by atoms with Crippen LogP contribution in [0.4, 0.5) is 0 Å². The fourth-order valence-corrected chi connectivity index (χ4v) is 1.01. The van der Waals surface area contributed by atoms with E-state index in [4.69, 9.17) is 4.74 Å². The van der Waals surface area contributed by atoms with Gasteiger partial charge in [-0.2, -0.15) is 0 Å². The van der Waals surface area contributed by atoms with Crippen molar-refractivity contribution in [2.45, 2.75) is 26.5 Å². The highest BCUT2D eigenvalue weighted by molar-refractivity contribution is 14.0. The van der Waals surface area contributed by atoms with Gasteiger partial charge < -0.3 is 10.9 Å². The molecule has 0 heterocycles. The van der Waals surface area contributed by atoms with Crippen LogP contribution in [0.2, 0.25) is 0 Å². The van der Waals surface area contributed by atoms with Gasteiger partial charge in [-0.3, -0.25) is 4.48 Å². The Hall–Kier alpha value is -0.140. The second-order valence-corrected chi connectivity index (χ2v) is 4.16. The molecule has 0 saturated heterocycles. The van der Waals surface area contributed by atoms with Crippen molar-refractivity contribution in [1.82, 2.24) is 6.15 Å². The highest BCUT2D eigenvalue weighted by atomic mass is 127. The van der Waals surface area contributed by atoms with Crippen molar-refractivity contribution in [3.05, 3.63) is 12.2 Å². The molecule has 0 aliphatic carbocycles. The highest BCUT2D eigenvalue weighted by Gasteiger charge is 2.25. The monoisotopic (exact) mass is 331 g/mol. The maximum atomic E-state index is 11.2. The van der Waals surface area contributed by atoms with Gasteiger partial charge in [-0.1, -0.05) is 13.5 Å². The van der Waals surface area contributed by atoms with Gasteiger partial charge in [0.15, 0.2) is 0 Å². The number of hydrogen-bond acceptors (Lipinski definition) is 3. The summed E-state index contributed by atoms with van der Waals surface area (Å²) in [5.74, 6) is -0.306. The summed E-state index contributed by atoms with van der Waals surface area (Å²) < 4.78 is 5.88. The Balaban J connectivity index is -0.000000720. The molecule has 3 N–H and O–H groups in total. The Kier molecular flexibility index (Phi) is 10.9. The van der Waals surface area contributed by atoms with Gasteiger partial charge in [0, 0.05) is 12.0 Å². The molecule has 0 rings (SSSR count). The van der Waals surface area contributed by atoms with Gasteiger partial charge >= 0.3 is 5.97 Å². The van der Waals surface area contributed by atoms with E-state index >= 15 is 0 Å². The van der Waals surface area contributed by atoms with Gasteiger partial charge in [-0.25, -0.2) is 4.79 Å². The molecule has 0 spiro atoms. The summed E-state index contributed by atoms with van der Waals surface area (Å²) in [5, 5.41) is 0. The first-order valence-electron chi connectivity index (χ1n) is 4.46. The van der Waals surface area contributed by atoms with Gasteiger partial charge in [0.2, 0.25) is 6.23 Å². The number of esters is 1. The first kappa shape index (κ1) is 20.3. The van der Waals surface area contributed by atoms with Crippen LogP contribution in [0.25, 0.3) is 0 Å². The van der Waals surface area contributed by atoms with Gasteiger partial charge in [-0.15, -0.1) is 24.0 Å². The van der Waals surface area contributed by atoms with Crippen molar-refractivity contribution in [2.75, 3.05) is 21.1 Å². The van der Waals surface area contributed by atoms with E-state index in [0.717, 1.165) is 6.42 Å². The number of hydrogen-bond donors (Lipinski definition) is 1. The molecule has 0 aliphatic rings. The molecular formula is C10H24IN2O2+. The summed E-state index contributed by atoms with van der Waals surface area (Å²) in [7, 11) is 6.00. The molecule has 1 unspecified atom stereocenters. The van der Waals surface area contributed by atoms with E-state index in [2.05, 4.69) is 6.58 Å². The molecule has 0 aromatic rings. The van der Waals surface area contributed by atoms with Crippen molar-refractivity contribution in [3.63, 3.8) is 0 Å². The lowest BCUT2D eigenvalue weighted by atomic mass is 10.3. The van der Waals surface area contributed by atoms with E-state index < -0.39 is 0 Å². The minimum absolute atomic E-state index is 0. The quantitative estimate of drug-likeness (QED) is 0.283. The normalized spacial score (nSPS) is 11.8. The van der Waals surface area contributed by atoms with Crippen LogP contribution in [0.15, 0.2) is 12.2 Å². The third kappa shape index (κ3) is 7.75. The number of carbonyl (C=O) groups is 1. The van der Waals surface area contributed by atoms with Gasteiger partial charge in [0.1, 0.15) is 0 Å². The fourth-order valence-electron chi connectivity index (χ4n) is 1.01. The predicted octanol–water partition coefficient (Wildman–Crippen LogP) is 2.33. The second kappa shape index (κ2) is 8.06. The van der Waals surface area contributed by atoms with Crippen LogP contribution >= 0.6 is 24.0 Å². The minimum atomic E-state index is -0.306. The lowest BCUT2D eigenvalue weighted by Crippen LogP contribution is -2.47. The van der Waals surface area contributed by atoms with Crippen LogP contribution in [0.1, 0.15) is 20.3 Å². The van der Waals surface area contributed by atoms with Crippen molar-refractivity contribution in [1.29, 1.82) is 0 Å². The molecule has 0 bridgehead atoms. The van der Waals surface area contributed by atoms with Crippen LogP contribution in [0, 0.1) is 0 Å². The summed E-state index contributed by atoms with van der Waals surface area (Å²) in [6, 6.07) is 0. The lowest BCUT2D eigenvalue weighted by molar-refractivity contribution is -0.916. The molecule has 15 heavy (non-hydrogen) atoms. The number of ether oxygens (including phenoxy) is 1. The molecule has 0 saturated carbocycles. The standard InChI is InChI=1S/C10H20NO2.HI.H3N/c1-7-9(11(4,5)6)13-10(12)8(2)3;;/h9H,2,7H2,1,3-6H3;1H;1H3/q+1;;. The van der Waals surface area contributed by atoms with E-state index in [0.29, 0.717) is 10.1 Å². The third-order valence-electron chi connectivity index (χ3n) is 1.80. The average Bonchev–Trinajstić information content (AvgIpc) is 1.96. The van der Waals surface area contributed by atoms with Crippen LogP contribution in [0.3, 0.4) is 0 Å². The molecule has 0 radical (unpaired) electrons. The average molecular weight is 331 g/mol. The van der Waals surface area contributed by atoms with Gasteiger partial charge in [0.05, 0.1) is 21.1 Å². The Bertz CT molecular complexity index is 212. The zero-order valence-electron chi connectivity index (χ0n) is 10.4. The van der Waals surface area contributed by atoms with E-state index in [1.54, 1.807) is 6.92 Å². The Morgan fingerprint density at radius 3 is 2.00 bits per heavy atom. The number of carbonyl (C=O) groups excluding carboxylic acids is 1. The summed E-state index contributed by atoms with van der Waals surface area (Å²) in [4.78, 5) is 11.2. The Morgan fingerprint density at radius 2 is 1.80 bits per heavy atom. The molecule has 0 aliphatic heterocycles. The zero-order valence-corrected chi connectivity index (χ0v) is 12.7. The molecule has 1 atom stereocenters. The molecule has 92 valence electrons. The number of nitrogens with zero attached hydrogens (tertiary/aromatic N) is 1. The summed E-state index contributed by atoms with van der Waals surface area (Å²) in [6.07, 6.45) is 0.715. The third-order valence-corrected chi connectivity index (χ3v) is 1.80. The van der Waals surface area contributed by atoms with Crippen molar-refractivity contribution in [3.8, 4) is 0 Å². The second-order valence-electron chi connectivity index (χ2n) is 4.16. The highest BCUT2D eigenvalue weighted by Crippen LogP contribution is 2.10. The van der Waals surface area contributed by atoms with Crippen molar-refractivity contribution >= 4 is 29.9 Å². The van der Waals surface area contributed by atoms with Crippen LogP contribution in [0.5, 0.6) is 0 Å². The molecule has 5 heteroatoms. The maximum Gasteiger partial charge on any atom is 0.337 e. The molecule has 0 aromatic carbocycles. The Labute approximate surface area is 110 Å². The molecule has 0 aromatic heterocycles. The van der Waals surface area contributed by atoms with Gasteiger partial charge in [0.25, 0.3) is 0 Å². The first-order valence-corrected chi connectivity index (χ1v) is 4.46. The van der Waals surface area contributed by atoms with Crippen LogP contribution < -0.4 is 6.15 Å². The summed E-state index contributed by atoms with van der Waals surface area (Å²) in [6.45, 7) is 7.20. The molecule has 0 amide bonds. The van der Waals surface area contributed by atoms with Gasteiger partial charge in [-0.05, 0) is 6.92 Å². The van der Waals surface area contributed by atoms with Crippen LogP contribution in [-0.2, 0) is 9.53 Å². The number of quaternary nitrogens is 1. The first-order chi connectivity index (χ1) is 5.79. The maximum absolute atomic E-state index is 11.2. The van der Waals surface area contributed by atoms with E-state index in [-0.39, 0.29) is 42.3 Å². The summed E-state index contributed by atoms with van der Waals surface area (Å²) >= 11 is 0. The largest absolute Gasteiger partial charge is 0.409 e. The fraction of sp³-hybridized carbons (Fsp3) is 0.700. The van der Waals surface area contributed by atoms with E-state index in [1.807, 2.05) is 28.1 Å². The number of rotatable bonds is 4. The predicted molar refractivity (Wildman–Crippen MR) is 73.5 cm³/mol. The molecule has 4 nitrogen and oxygen atoms in total. The Morgan fingerprint density at radius 1 is 1.40 bits per heavy atom. The van der Waals surface area contributed by atoms with Crippen molar-refractivity contribution < 1.29 is 14.0 Å². The lowest BCUT2D eigenvalue weighted by Gasteiger charge is -2.32. The van der Waals surface area contributed by atoms with Crippen molar-refractivity contribution in [2.24, 2.45) is 0 Å². The van der Waals surface area contributed by atoms with E-state index in [1.165, 1.54) is 0 Å². The minimum Gasteiger partial charge on any atom is -0.409 e. The zero-order chi connectivity index (χ0) is 10.6.